The summed E-state index contributed by atoms with van der Waals surface area (Å²) in [5.74, 6) is -0.517. The second-order valence-corrected chi connectivity index (χ2v) is 11.1. The van der Waals surface area contributed by atoms with Gasteiger partial charge in [-0.25, -0.2) is 8.78 Å². The van der Waals surface area contributed by atoms with Crippen LogP contribution >= 0.6 is 34.4 Å². The summed E-state index contributed by atoms with van der Waals surface area (Å²) in [5, 5.41) is 0. The number of benzene rings is 2. The van der Waals surface area contributed by atoms with Crippen LogP contribution in [0.15, 0.2) is 66.9 Å². The van der Waals surface area contributed by atoms with Gasteiger partial charge in [0, 0.05) is 37.5 Å². The molecular formula is C27H15F2N3S3. The van der Waals surface area contributed by atoms with E-state index >= 15 is 8.78 Å². The zero-order chi connectivity index (χ0) is 23.5. The van der Waals surface area contributed by atoms with Crippen LogP contribution in [0.1, 0.15) is 11.1 Å². The fourth-order valence-corrected chi connectivity index (χ4v) is 7.12. The molecule has 0 radical (unpaired) electrons. The van der Waals surface area contributed by atoms with Crippen molar-refractivity contribution in [3.63, 3.8) is 0 Å². The van der Waals surface area contributed by atoms with Crippen LogP contribution in [0.3, 0.4) is 0 Å². The van der Waals surface area contributed by atoms with Crippen LogP contribution in [-0.4, -0.2) is 13.7 Å². The maximum Gasteiger partial charge on any atom is 0.132 e. The number of aryl methyl sites for hydroxylation is 2. The molecule has 0 atom stereocenters. The van der Waals surface area contributed by atoms with Crippen LogP contribution in [0.4, 0.5) is 8.78 Å². The second kappa shape index (κ2) is 8.12. The van der Waals surface area contributed by atoms with Crippen molar-refractivity contribution < 1.29 is 8.78 Å². The highest BCUT2D eigenvalue weighted by atomic mass is 32.1. The van der Waals surface area contributed by atoms with E-state index in [9.17, 15) is 0 Å². The lowest BCUT2D eigenvalue weighted by molar-refractivity contribution is 0.626. The molecular weight excluding hydrogens is 501 g/mol. The Morgan fingerprint density at radius 2 is 1.14 bits per heavy atom. The second-order valence-electron chi connectivity index (χ2n) is 8.44. The Morgan fingerprint density at radius 1 is 0.600 bits per heavy atom. The maximum absolute atomic E-state index is 15.1. The number of hydrogen-bond acceptors (Lipinski definition) is 6. The summed E-state index contributed by atoms with van der Waals surface area (Å²) in [5.41, 5.74) is 6.00. The number of pyridine rings is 1. The molecule has 2 aromatic carbocycles. The third kappa shape index (κ3) is 3.52. The van der Waals surface area contributed by atoms with Gasteiger partial charge in [0.05, 0.1) is 16.6 Å². The van der Waals surface area contributed by atoms with E-state index in [-0.39, 0.29) is 11.6 Å². The Balaban J connectivity index is 1.46. The molecule has 0 spiro atoms. The van der Waals surface area contributed by atoms with E-state index in [1.54, 1.807) is 18.3 Å². The monoisotopic (exact) mass is 515 g/mol. The summed E-state index contributed by atoms with van der Waals surface area (Å²) in [6.45, 7) is 0. The van der Waals surface area contributed by atoms with Gasteiger partial charge in [-0.2, -0.15) is 8.75 Å². The molecule has 11 rings (SSSR count). The quantitative estimate of drug-likeness (QED) is 0.204. The van der Waals surface area contributed by atoms with E-state index in [0.29, 0.717) is 24.0 Å². The van der Waals surface area contributed by atoms with Crippen LogP contribution in [0, 0.1) is 11.6 Å². The van der Waals surface area contributed by atoms with Gasteiger partial charge in [0.1, 0.15) is 28.4 Å². The van der Waals surface area contributed by atoms with Crippen molar-refractivity contribution in [3.05, 3.63) is 89.6 Å². The molecule has 9 heterocycles. The SMILES string of the molecule is Fc1cc2ccc1-c1ccc(s1)-c1cnc(c3nsnc13)-c1ccc(s1)-c1ccc(cc1F)CC2. The van der Waals surface area contributed by atoms with Crippen molar-refractivity contribution in [2.45, 2.75) is 12.8 Å². The zero-order valence-corrected chi connectivity index (χ0v) is 20.5. The topological polar surface area (TPSA) is 38.7 Å². The third-order valence-electron chi connectivity index (χ3n) is 6.30. The van der Waals surface area contributed by atoms with E-state index in [0.717, 1.165) is 64.7 Å². The molecule has 4 aromatic heterocycles. The molecule has 0 unspecified atom stereocenters. The largest absolute Gasteiger partial charge is 0.252 e. The van der Waals surface area contributed by atoms with Crippen LogP contribution in [0.25, 0.3) is 52.9 Å². The van der Waals surface area contributed by atoms with Crippen molar-refractivity contribution in [2.24, 2.45) is 0 Å². The van der Waals surface area contributed by atoms with E-state index in [2.05, 4.69) is 8.75 Å². The highest BCUT2D eigenvalue weighted by Gasteiger charge is 2.19. The normalized spacial score (nSPS) is 12.6. The molecule has 3 nitrogen and oxygen atoms in total. The average molecular weight is 516 g/mol. The van der Waals surface area contributed by atoms with Gasteiger partial charge in [-0.05, 0) is 60.4 Å². The summed E-state index contributed by atoms with van der Waals surface area (Å²) in [7, 11) is 0. The van der Waals surface area contributed by atoms with Crippen molar-refractivity contribution in [2.75, 3.05) is 0 Å². The third-order valence-corrected chi connectivity index (χ3v) is 9.11. The molecule has 0 amide bonds. The maximum atomic E-state index is 15.1. The van der Waals surface area contributed by atoms with E-state index in [1.165, 1.54) is 22.7 Å². The van der Waals surface area contributed by atoms with E-state index < -0.39 is 0 Å². The number of hydrogen-bond donors (Lipinski definition) is 0. The lowest BCUT2D eigenvalue weighted by Crippen LogP contribution is -1.95. The van der Waals surface area contributed by atoms with Gasteiger partial charge < -0.3 is 0 Å². The molecule has 5 aliphatic rings. The summed E-state index contributed by atoms with van der Waals surface area (Å²) < 4.78 is 39.3. The number of thiophene rings is 2. The first-order valence-electron chi connectivity index (χ1n) is 11.0. The number of halogens is 2. The fourth-order valence-electron chi connectivity index (χ4n) is 4.49. The molecule has 170 valence electrons. The highest BCUT2D eigenvalue weighted by molar-refractivity contribution is 7.19. The Morgan fingerprint density at radius 3 is 1.77 bits per heavy atom. The molecule has 0 fully saturated rings. The van der Waals surface area contributed by atoms with Gasteiger partial charge in [0.25, 0.3) is 0 Å². The molecule has 0 saturated carbocycles. The van der Waals surface area contributed by atoms with E-state index in [1.807, 2.05) is 48.5 Å². The average Bonchev–Trinajstić information content (AvgIpc) is 3.63. The first kappa shape index (κ1) is 21.0. The minimum absolute atomic E-state index is 0.256. The first-order valence-corrected chi connectivity index (χ1v) is 13.4. The molecule has 35 heavy (non-hydrogen) atoms. The van der Waals surface area contributed by atoms with Crippen molar-refractivity contribution in [3.8, 4) is 41.9 Å². The molecule has 10 bridgehead atoms. The molecule has 0 N–H and O–H groups in total. The van der Waals surface area contributed by atoms with Crippen LogP contribution in [0.2, 0.25) is 0 Å². The summed E-state index contributed by atoms with van der Waals surface area (Å²) in [4.78, 5) is 8.30. The molecule has 0 saturated heterocycles. The van der Waals surface area contributed by atoms with Crippen LogP contribution < -0.4 is 0 Å². The predicted octanol–water partition coefficient (Wildman–Crippen LogP) is 8.25. The van der Waals surface area contributed by atoms with Crippen molar-refractivity contribution >= 4 is 45.4 Å². The predicted molar refractivity (Wildman–Crippen MR) is 140 cm³/mol. The lowest BCUT2D eigenvalue weighted by Gasteiger charge is -2.08. The first-order chi connectivity index (χ1) is 17.1. The smallest absolute Gasteiger partial charge is 0.132 e. The van der Waals surface area contributed by atoms with E-state index in [4.69, 9.17) is 4.98 Å². The van der Waals surface area contributed by atoms with Gasteiger partial charge in [-0.3, -0.25) is 4.98 Å². The standard InChI is InChI=1S/C27H15F2N3S3/c28-19-11-14-1-2-15-4-6-17(20(29)12-15)22-9-10-24(34-22)26-27-25(31-35-32-27)18(13-30-26)23-8-7-21(33-23)16(19)5-3-14/h3-13H,1-2H2. The molecule has 5 aliphatic heterocycles. The molecule has 0 aliphatic carbocycles. The van der Waals surface area contributed by atoms with Gasteiger partial charge in [-0.15, -0.1) is 22.7 Å². The highest BCUT2D eigenvalue weighted by Crippen LogP contribution is 2.42. The number of nitrogens with zero attached hydrogens (tertiary/aromatic N) is 3. The van der Waals surface area contributed by atoms with Crippen LogP contribution in [0.5, 0.6) is 0 Å². The summed E-state index contributed by atoms with van der Waals surface area (Å²) in [6, 6.07) is 18.5. The molecule has 6 aromatic rings. The summed E-state index contributed by atoms with van der Waals surface area (Å²) >= 11 is 4.15. The lowest BCUT2D eigenvalue weighted by atomic mass is 10.0. The fraction of sp³-hybridized carbons (Fsp3) is 0.0741. The zero-order valence-electron chi connectivity index (χ0n) is 18.1. The summed E-state index contributed by atoms with van der Waals surface area (Å²) in [6.07, 6.45) is 3.09. The Bertz CT molecular complexity index is 1620. The van der Waals surface area contributed by atoms with Gasteiger partial charge in [0.2, 0.25) is 0 Å². The number of aromatic nitrogens is 3. The van der Waals surface area contributed by atoms with Gasteiger partial charge in [0.15, 0.2) is 0 Å². The Labute approximate surface area is 211 Å². The minimum atomic E-state index is -0.261. The Hall–Kier alpha value is -3.33. The number of rotatable bonds is 0. The van der Waals surface area contributed by atoms with Crippen molar-refractivity contribution in [1.82, 2.24) is 13.7 Å². The van der Waals surface area contributed by atoms with Crippen molar-refractivity contribution in [1.29, 1.82) is 0 Å². The minimum Gasteiger partial charge on any atom is -0.252 e. The Kier molecular flexibility index (Phi) is 4.87. The van der Waals surface area contributed by atoms with Crippen LogP contribution in [-0.2, 0) is 12.8 Å². The van der Waals surface area contributed by atoms with Gasteiger partial charge >= 0.3 is 0 Å². The van der Waals surface area contributed by atoms with Gasteiger partial charge in [-0.1, -0.05) is 24.3 Å². The molecule has 8 heteroatoms.